The van der Waals surface area contributed by atoms with Crippen LogP contribution in [-0.2, 0) is 10.8 Å². The summed E-state index contributed by atoms with van der Waals surface area (Å²) in [6.45, 7) is 12.5. The fourth-order valence-corrected chi connectivity index (χ4v) is 2.67. The first-order valence-corrected chi connectivity index (χ1v) is 8.65. The van der Waals surface area contributed by atoms with Crippen LogP contribution in [0.3, 0.4) is 0 Å². The van der Waals surface area contributed by atoms with E-state index >= 15 is 0 Å². The van der Waals surface area contributed by atoms with Gasteiger partial charge in [-0.15, -0.1) is 0 Å². The lowest BCUT2D eigenvalue weighted by Gasteiger charge is -2.27. The number of para-hydroxylation sites is 1. The van der Waals surface area contributed by atoms with Crippen molar-refractivity contribution in [3.05, 3.63) is 58.7 Å². The van der Waals surface area contributed by atoms with Crippen molar-refractivity contribution in [3.63, 3.8) is 0 Å². The van der Waals surface area contributed by atoms with Crippen molar-refractivity contribution in [2.45, 2.75) is 52.4 Å². The number of rotatable bonds is 3. The van der Waals surface area contributed by atoms with Crippen molar-refractivity contribution in [2.24, 2.45) is 4.99 Å². The van der Waals surface area contributed by atoms with Crippen molar-refractivity contribution in [1.29, 1.82) is 0 Å². The average Bonchev–Trinajstić information content (AvgIpc) is 2.51. The van der Waals surface area contributed by atoms with Crippen molar-refractivity contribution in [3.8, 4) is 5.75 Å². The standard InChI is InChI=1S/C22H27NO3/c1-21(2,3)15-11-14(19(24)17(12-15)22(4,5)6)13-23-18-10-8-7-9-16(18)20(25)26/h7-13,24H,1-6H3,(H,25,26). The second-order valence-electron chi connectivity index (χ2n) is 8.54. The molecule has 0 radical (unpaired) electrons. The van der Waals surface area contributed by atoms with Crippen LogP contribution >= 0.6 is 0 Å². The van der Waals surface area contributed by atoms with Crippen LogP contribution in [0.15, 0.2) is 41.4 Å². The monoisotopic (exact) mass is 353 g/mol. The molecule has 0 atom stereocenters. The number of aromatic hydroxyl groups is 1. The van der Waals surface area contributed by atoms with Gasteiger partial charge in [0.15, 0.2) is 0 Å². The number of aliphatic imine (C=N–C) groups is 1. The van der Waals surface area contributed by atoms with Crippen LogP contribution in [0.25, 0.3) is 0 Å². The second-order valence-corrected chi connectivity index (χ2v) is 8.54. The van der Waals surface area contributed by atoms with Crippen LogP contribution < -0.4 is 0 Å². The number of nitrogens with zero attached hydrogens (tertiary/aromatic N) is 1. The number of phenols is 1. The maximum absolute atomic E-state index is 11.3. The molecule has 0 aliphatic heterocycles. The first-order valence-electron chi connectivity index (χ1n) is 8.65. The van der Waals surface area contributed by atoms with E-state index in [4.69, 9.17) is 0 Å². The smallest absolute Gasteiger partial charge is 0.337 e. The third-order valence-corrected chi connectivity index (χ3v) is 4.29. The zero-order valence-corrected chi connectivity index (χ0v) is 16.3. The normalized spacial score (nSPS) is 12.5. The summed E-state index contributed by atoms with van der Waals surface area (Å²) in [6.07, 6.45) is 1.54. The summed E-state index contributed by atoms with van der Waals surface area (Å²) in [6, 6.07) is 10.5. The van der Waals surface area contributed by atoms with Gasteiger partial charge in [-0.2, -0.15) is 0 Å². The van der Waals surface area contributed by atoms with Crippen LogP contribution in [0.4, 0.5) is 5.69 Å². The quantitative estimate of drug-likeness (QED) is 0.722. The van der Waals surface area contributed by atoms with Gasteiger partial charge in [0.1, 0.15) is 5.75 Å². The van der Waals surface area contributed by atoms with Gasteiger partial charge in [-0.05, 0) is 34.6 Å². The Morgan fingerprint density at radius 3 is 2.15 bits per heavy atom. The van der Waals surface area contributed by atoms with E-state index in [1.54, 1.807) is 24.4 Å². The molecule has 2 aromatic rings. The summed E-state index contributed by atoms with van der Waals surface area (Å²) in [5, 5.41) is 20.1. The Balaban J connectivity index is 2.61. The maximum Gasteiger partial charge on any atom is 0.337 e. The van der Waals surface area contributed by atoms with E-state index in [0.717, 1.165) is 11.1 Å². The predicted octanol–water partition coefficient (Wildman–Crippen LogP) is 5.44. The Morgan fingerprint density at radius 1 is 1.00 bits per heavy atom. The minimum Gasteiger partial charge on any atom is -0.507 e. The molecule has 0 saturated heterocycles. The van der Waals surface area contributed by atoms with Gasteiger partial charge in [-0.3, -0.25) is 4.99 Å². The molecular weight excluding hydrogens is 326 g/mol. The van der Waals surface area contributed by atoms with Crippen molar-refractivity contribution >= 4 is 17.9 Å². The summed E-state index contributed by atoms with van der Waals surface area (Å²) in [5.41, 5.74) is 2.69. The third kappa shape index (κ3) is 4.31. The molecule has 0 unspecified atom stereocenters. The molecule has 2 aromatic carbocycles. The van der Waals surface area contributed by atoms with Crippen LogP contribution in [-0.4, -0.2) is 22.4 Å². The molecule has 0 spiro atoms. The molecule has 0 bridgehead atoms. The molecular formula is C22H27NO3. The second kappa shape index (κ2) is 6.94. The first-order chi connectivity index (χ1) is 11.9. The number of phenolic OH excluding ortho intramolecular Hbond substituents is 1. The van der Waals surface area contributed by atoms with Gasteiger partial charge in [0, 0.05) is 17.3 Å². The highest BCUT2D eigenvalue weighted by molar-refractivity contribution is 5.95. The minimum atomic E-state index is -1.03. The summed E-state index contributed by atoms with van der Waals surface area (Å²) in [7, 11) is 0. The Hall–Kier alpha value is -2.62. The van der Waals surface area contributed by atoms with E-state index in [-0.39, 0.29) is 22.1 Å². The van der Waals surface area contributed by atoms with E-state index in [9.17, 15) is 15.0 Å². The number of hydrogen-bond donors (Lipinski definition) is 2. The average molecular weight is 353 g/mol. The molecule has 0 amide bonds. The third-order valence-electron chi connectivity index (χ3n) is 4.29. The van der Waals surface area contributed by atoms with Gasteiger partial charge in [0.25, 0.3) is 0 Å². The molecule has 4 nitrogen and oxygen atoms in total. The van der Waals surface area contributed by atoms with E-state index in [1.807, 2.05) is 12.1 Å². The fourth-order valence-electron chi connectivity index (χ4n) is 2.67. The highest BCUT2D eigenvalue weighted by atomic mass is 16.4. The summed E-state index contributed by atoms with van der Waals surface area (Å²) >= 11 is 0. The van der Waals surface area contributed by atoms with Crippen molar-refractivity contribution in [1.82, 2.24) is 0 Å². The first kappa shape index (κ1) is 19.7. The number of carboxylic acid groups (broad SMARTS) is 1. The van der Waals surface area contributed by atoms with Crippen molar-refractivity contribution in [2.75, 3.05) is 0 Å². The molecule has 0 saturated carbocycles. The van der Waals surface area contributed by atoms with Gasteiger partial charge >= 0.3 is 5.97 Å². The Bertz CT molecular complexity index is 853. The van der Waals surface area contributed by atoms with E-state index in [2.05, 4.69) is 46.5 Å². The Morgan fingerprint density at radius 2 is 1.62 bits per heavy atom. The molecule has 0 fully saturated rings. The highest BCUT2D eigenvalue weighted by Gasteiger charge is 2.24. The minimum absolute atomic E-state index is 0.0880. The number of carbonyl (C=O) groups is 1. The van der Waals surface area contributed by atoms with Gasteiger partial charge in [-0.1, -0.05) is 59.7 Å². The zero-order valence-electron chi connectivity index (χ0n) is 16.3. The maximum atomic E-state index is 11.3. The molecule has 26 heavy (non-hydrogen) atoms. The Labute approximate surface area is 155 Å². The highest BCUT2D eigenvalue weighted by Crippen LogP contribution is 2.37. The summed E-state index contributed by atoms with van der Waals surface area (Å²) in [4.78, 5) is 15.7. The SMILES string of the molecule is CC(C)(C)c1cc(C=Nc2ccccc2C(=O)O)c(O)c(C(C)(C)C)c1. The molecule has 0 aliphatic rings. The number of carboxylic acids is 1. The lowest BCUT2D eigenvalue weighted by Crippen LogP contribution is -2.17. The summed E-state index contributed by atoms with van der Waals surface area (Å²) < 4.78 is 0. The van der Waals surface area contributed by atoms with Crippen LogP contribution in [0.1, 0.15) is 68.6 Å². The van der Waals surface area contributed by atoms with Crippen LogP contribution in [0, 0.1) is 0 Å². The van der Waals surface area contributed by atoms with Gasteiger partial charge in [0.2, 0.25) is 0 Å². The van der Waals surface area contributed by atoms with Crippen LogP contribution in [0.2, 0.25) is 0 Å². The zero-order chi connectivity index (χ0) is 19.7. The van der Waals surface area contributed by atoms with E-state index < -0.39 is 5.97 Å². The largest absolute Gasteiger partial charge is 0.507 e. The molecule has 0 heterocycles. The molecule has 4 heteroatoms. The molecule has 2 N–H and O–H groups in total. The fraction of sp³-hybridized carbons (Fsp3) is 0.364. The van der Waals surface area contributed by atoms with Crippen LogP contribution in [0.5, 0.6) is 5.75 Å². The summed E-state index contributed by atoms with van der Waals surface area (Å²) in [5.74, 6) is -0.845. The topological polar surface area (TPSA) is 69.9 Å². The molecule has 138 valence electrons. The molecule has 2 rings (SSSR count). The lowest BCUT2D eigenvalue weighted by atomic mass is 9.79. The van der Waals surface area contributed by atoms with Gasteiger partial charge in [-0.25, -0.2) is 4.79 Å². The number of hydrogen-bond acceptors (Lipinski definition) is 3. The van der Waals surface area contributed by atoms with E-state index in [1.165, 1.54) is 6.07 Å². The van der Waals surface area contributed by atoms with E-state index in [0.29, 0.717) is 11.3 Å². The van der Waals surface area contributed by atoms with Gasteiger partial charge < -0.3 is 10.2 Å². The predicted molar refractivity (Wildman–Crippen MR) is 106 cm³/mol. The van der Waals surface area contributed by atoms with Gasteiger partial charge in [0.05, 0.1) is 11.3 Å². The lowest BCUT2D eigenvalue weighted by molar-refractivity contribution is 0.0698. The van der Waals surface area contributed by atoms with Crippen molar-refractivity contribution < 1.29 is 15.0 Å². The molecule has 0 aromatic heterocycles. The number of aromatic carboxylic acids is 1. The molecule has 0 aliphatic carbocycles. The Kier molecular flexibility index (Phi) is 5.26. The number of benzene rings is 2.